The first-order valence-electron chi connectivity index (χ1n) is 9.23. The zero-order valence-corrected chi connectivity index (χ0v) is 17.5. The summed E-state index contributed by atoms with van der Waals surface area (Å²) in [5.74, 6) is 2.30. The number of halogens is 3. The molecule has 160 valence electrons. The summed E-state index contributed by atoms with van der Waals surface area (Å²) in [6.45, 7) is 3.71. The third kappa shape index (κ3) is 4.62. The molecule has 0 bridgehead atoms. The van der Waals surface area contributed by atoms with Gasteiger partial charge in [-0.2, -0.15) is 21.6 Å². The molecule has 2 fully saturated rings. The van der Waals surface area contributed by atoms with Gasteiger partial charge < -0.3 is 0 Å². The molecular weight excluding hydrogens is 417 g/mol. The molecule has 2 rings (SSSR count). The molecule has 1 aliphatic carbocycles. The average molecular weight is 444 g/mol. The van der Waals surface area contributed by atoms with Crippen LogP contribution in [0.5, 0.6) is 0 Å². The van der Waals surface area contributed by atoms with E-state index in [1.54, 1.807) is 6.92 Å². The van der Waals surface area contributed by atoms with E-state index in [9.17, 15) is 21.6 Å². The molecule has 0 spiro atoms. The fourth-order valence-electron chi connectivity index (χ4n) is 4.39. The normalized spacial score (nSPS) is 33.6. The lowest BCUT2D eigenvalue weighted by molar-refractivity contribution is -1.12. The van der Waals surface area contributed by atoms with Gasteiger partial charge >= 0.3 is 15.6 Å². The van der Waals surface area contributed by atoms with E-state index in [-0.39, 0.29) is 18.4 Å². The Morgan fingerprint density at radius 2 is 2.00 bits per heavy atom. The molecule has 0 aromatic heterocycles. The monoisotopic (exact) mass is 443 g/mol. The summed E-state index contributed by atoms with van der Waals surface area (Å²) in [5.41, 5.74) is -2.77. The molecule has 0 radical (unpaired) electrons. The van der Waals surface area contributed by atoms with Crippen LogP contribution in [0.2, 0.25) is 0 Å². The van der Waals surface area contributed by atoms with Gasteiger partial charge in [0.25, 0.3) is 0 Å². The van der Waals surface area contributed by atoms with Gasteiger partial charge in [-0.05, 0) is 39.0 Å². The maximum Gasteiger partial charge on any atom is 0.528 e. The van der Waals surface area contributed by atoms with Crippen LogP contribution in [0.4, 0.5) is 13.2 Å². The summed E-state index contributed by atoms with van der Waals surface area (Å²) in [7, 11) is -5.78. The van der Waals surface area contributed by atoms with Crippen molar-refractivity contribution in [2.45, 2.75) is 63.5 Å². The van der Waals surface area contributed by atoms with Gasteiger partial charge in [0.05, 0.1) is 6.61 Å². The number of alkyl halides is 3. The highest BCUT2D eigenvalue weighted by Gasteiger charge is 2.60. The Morgan fingerprint density at radius 3 is 2.57 bits per heavy atom. The summed E-state index contributed by atoms with van der Waals surface area (Å²) in [4.78, 5) is 5.69. The number of nitrogens with zero attached hydrogens (tertiary/aromatic N) is 1. The molecule has 1 saturated carbocycles. The van der Waals surface area contributed by atoms with Gasteiger partial charge in [-0.3, -0.25) is 10.3 Å². The summed E-state index contributed by atoms with van der Waals surface area (Å²) in [6.07, 6.45) is 8.35. The number of likely N-dealkylation sites (tertiary alicyclic amines) is 1. The molecule has 1 heterocycles. The van der Waals surface area contributed by atoms with Crippen LogP contribution < -0.4 is 5.48 Å². The van der Waals surface area contributed by atoms with E-state index in [0.717, 1.165) is 6.42 Å². The standard InChI is InChI=1S/C17H25F3N2O4S2/c1-4-10-22(26-28(23,24)17(18,19)20)12(3)6-7-13-11-14(8-9-15(13)22)16(27)21-25-5-2/h1,12-15H,5-11H2,2-3H3/p+1. The Hall–Kier alpha value is -0.930. The number of fused-ring (bicyclic) bond motifs is 1. The van der Waals surface area contributed by atoms with Crippen LogP contribution in [0.3, 0.4) is 0 Å². The van der Waals surface area contributed by atoms with E-state index < -0.39 is 32.4 Å². The number of quaternary nitrogens is 1. The Labute approximate surface area is 169 Å². The molecule has 1 N–H and O–H groups in total. The van der Waals surface area contributed by atoms with Crippen LogP contribution in [0.15, 0.2) is 0 Å². The molecule has 11 heteroatoms. The van der Waals surface area contributed by atoms with Crippen molar-refractivity contribution >= 4 is 27.3 Å². The second-order valence-corrected chi connectivity index (χ2v) is 9.31. The van der Waals surface area contributed by atoms with Gasteiger partial charge in [0, 0.05) is 24.7 Å². The topological polar surface area (TPSA) is 64.6 Å². The van der Waals surface area contributed by atoms with Crippen LogP contribution in [0.25, 0.3) is 0 Å². The lowest BCUT2D eigenvalue weighted by Gasteiger charge is -2.52. The fraction of sp³-hybridized carbons (Fsp3) is 0.824. The van der Waals surface area contributed by atoms with E-state index >= 15 is 0 Å². The smallest absolute Gasteiger partial charge is 0.276 e. The van der Waals surface area contributed by atoms with Crippen molar-refractivity contribution in [1.82, 2.24) is 5.48 Å². The summed E-state index contributed by atoms with van der Waals surface area (Å²) >= 11 is 5.35. The van der Waals surface area contributed by atoms with Crippen molar-refractivity contribution in [1.29, 1.82) is 0 Å². The molecule has 0 amide bonds. The third-order valence-electron chi connectivity index (χ3n) is 5.75. The van der Waals surface area contributed by atoms with Crippen molar-refractivity contribution in [3.8, 4) is 12.3 Å². The number of thiocarbonyl (C=S) groups is 1. The maximum absolute atomic E-state index is 13.0. The Morgan fingerprint density at radius 1 is 1.32 bits per heavy atom. The lowest BCUT2D eigenvalue weighted by atomic mass is 9.71. The van der Waals surface area contributed by atoms with Crippen LogP contribution in [-0.4, -0.2) is 48.8 Å². The molecule has 28 heavy (non-hydrogen) atoms. The first kappa shape index (κ1) is 23.3. The fourth-order valence-corrected chi connectivity index (χ4v) is 5.43. The van der Waals surface area contributed by atoms with Crippen molar-refractivity contribution in [2.24, 2.45) is 11.8 Å². The van der Waals surface area contributed by atoms with E-state index in [0.29, 0.717) is 37.3 Å². The number of hydrogen-bond donors (Lipinski definition) is 1. The van der Waals surface area contributed by atoms with Gasteiger partial charge in [0.15, 0.2) is 6.54 Å². The van der Waals surface area contributed by atoms with Crippen LogP contribution in [0.1, 0.15) is 46.0 Å². The highest BCUT2D eigenvalue weighted by molar-refractivity contribution is 7.87. The van der Waals surface area contributed by atoms with Gasteiger partial charge in [-0.15, -0.1) is 11.1 Å². The van der Waals surface area contributed by atoms with E-state index in [4.69, 9.17) is 27.8 Å². The first-order valence-corrected chi connectivity index (χ1v) is 11.0. The number of hydrogen-bond acceptors (Lipinski definition) is 5. The molecule has 1 saturated heterocycles. The zero-order valence-electron chi connectivity index (χ0n) is 15.9. The van der Waals surface area contributed by atoms with Gasteiger partial charge in [0.2, 0.25) is 0 Å². The molecule has 5 unspecified atom stereocenters. The molecule has 6 nitrogen and oxygen atoms in total. The molecule has 5 atom stereocenters. The predicted molar refractivity (Wildman–Crippen MR) is 101 cm³/mol. The maximum atomic E-state index is 13.0. The van der Waals surface area contributed by atoms with E-state index in [1.807, 2.05) is 6.92 Å². The minimum atomic E-state index is -5.78. The Bertz CT molecular complexity index is 723. The number of rotatable bonds is 6. The molecule has 0 aromatic rings. The second kappa shape index (κ2) is 8.83. The van der Waals surface area contributed by atoms with Crippen LogP contribution in [-0.2, 0) is 19.2 Å². The number of terminal acetylenes is 1. The second-order valence-electron chi connectivity index (χ2n) is 7.35. The van der Waals surface area contributed by atoms with Crippen molar-refractivity contribution < 1.29 is 35.4 Å². The van der Waals surface area contributed by atoms with Gasteiger partial charge in [0.1, 0.15) is 17.1 Å². The largest absolute Gasteiger partial charge is 0.528 e. The van der Waals surface area contributed by atoms with Crippen molar-refractivity contribution in [2.75, 3.05) is 13.2 Å². The van der Waals surface area contributed by atoms with Crippen LogP contribution in [0, 0.1) is 24.2 Å². The quantitative estimate of drug-likeness (QED) is 0.224. The summed E-state index contributed by atoms with van der Waals surface area (Å²) in [5, 5.41) is 0. The summed E-state index contributed by atoms with van der Waals surface area (Å²) in [6, 6.07) is -0.914. The molecule has 1 aliphatic heterocycles. The molecular formula is C17H26F3N2O4S2+. The number of nitrogens with one attached hydrogen (secondary N) is 1. The minimum absolute atomic E-state index is 0.0168. The van der Waals surface area contributed by atoms with E-state index in [1.165, 1.54) is 0 Å². The number of hydroxylamine groups is 4. The van der Waals surface area contributed by atoms with Crippen molar-refractivity contribution in [3.63, 3.8) is 0 Å². The molecule has 2 aliphatic rings. The van der Waals surface area contributed by atoms with Gasteiger partial charge in [-0.1, -0.05) is 16.5 Å². The third-order valence-corrected chi connectivity index (χ3v) is 7.21. The predicted octanol–water partition coefficient (Wildman–Crippen LogP) is 3.05. The van der Waals surface area contributed by atoms with E-state index in [2.05, 4.69) is 11.4 Å². The Balaban J connectivity index is 2.29. The number of piperidine rings is 1. The highest BCUT2D eigenvalue weighted by atomic mass is 32.2. The minimum Gasteiger partial charge on any atom is -0.276 e. The Kier molecular flexibility index (Phi) is 7.37. The zero-order chi connectivity index (χ0) is 21.2. The van der Waals surface area contributed by atoms with Gasteiger partial charge in [-0.25, -0.2) is 0 Å². The lowest BCUT2D eigenvalue weighted by Crippen LogP contribution is -2.67. The summed E-state index contributed by atoms with van der Waals surface area (Å²) < 4.78 is 66.9. The molecule has 0 aromatic carbocycles. The highest BCUT2D eigenvalue weighted by Crippen LogP contribution is 2.46. The average Bonchev–Trinajstić information content (AvgIpc) is 2.61. The SMILES string of the molecule is C#CC[N+]1(OS(=O)(=O)C(F)(F)F)C(C)CCC2CC(C(=S)NOCC)CCC21. The first-order chi connectivity index (χ1) is 13.0. The van der Waals surface area contributed by atoms with Crippen LogP contribution >= 0.6 is 12.2 Å². The van der Waals surface area contributed by atoms with Crippen molar-refractivity contribution in [3.05, 3.63) is 0 Å².